The number of aryl methyl sites for hydroxylation is 1. The third kappa shape index (κ3) is 6.67. The van der Waals surface area contributed by atoms with Gasteiger partial charge >= 0.3 is 6.18 Å². The molecule has 7 nitrogen and oxygen atoms in total. The Balaban J connectivity index is 1.58. The van der Waals surface area contributed by atoms with E-state index in [0.717, 1.165) is 17.7 Å². The van der Waals surface area contributed by atoms with Crippen molar-refractivity contribution in [2.45, 2.75) is 40.0 Å². The highest BCUT2D eigenvalue weighted by Gasteiger charge is 2.32. The lowest BCUT2D eigenvalue weighted by Gasteiger charge is -2.29. The third-order valence-electron chi connectivity index (χ3n) is 5.94. The standard InChI is InChI=1S/C28H29F3N2O5/c1-18(2)13-33(27(35)21-5-4-6-22(12-21)28(29,30)31)16-26(34)32(15-23-9-7-19(3)38-23)14-20-8-10-24-25(11-20)37-17-36-24/h4-12,18H,13-17H2,1-3H3. The molecular weight excluding hydrogens is 501 g/mol. The number of carbonyl (C=O) groups is 2. The average Bonchev–Trinajstić information content (AvgIpc) is 3.50. The van der Waals surface area contributed by atoms with E-state index in [4.69, 9.17) is 13.9 Å². The highest BCUT2D eigenvalue weighted by atomic mass is 19.4. The Labute approximate surface area is 218 Å². The second-order valence-electron chi connectivity index (χ2n) is 9.61. The minimum absolute atomic E-state index is 0.0208. The van der Waals surface area contributed by atoms with Gasteiger partial charge in [0.05, 0.1) is 12.1 Å². The van der Waals surface area contributed by atoms with Crippen molar-refractivity contribution < 1.29 is 36.7 Å². The van der Waals surface area contributed by atoms with Crippen LogP contribution in [0.15, 0.2) is 59.0 Å². The Kier molecular flexibility index (Phi) is 7.99. The number of rotatable bonds is 9. The number of hydrogen-bond donors (Lipinski definition) is 0. The smallest absolute Gasteiger partial charge is 0.416 e. The molecule has 0 bridgehead atoms. The second-order valence-corrected chi connectivity index (χ2v) is 9.61. The number of benzene rings is 2. The van der Waals surface area contributed by atoms with Crippen LogP contribution in [0, 0.1) is 12.8 Å². The number of carbonyl (C=O) groups excluding carboxylic acids is 2. The van der Waals surface area contributed by atoms with Crippen LogP contribution in [0.2, 0.25) is 0 Å². The quantitative estimate of drug-likeness (QED) is 0.357. The van der Waals surface area contributed by atoms with E-state index in [1.165, 1.54) is 17.0 Å². The Hall–Kier alpha value is -3.95. The van der Waals surface area contributed by atoms with E-state index in [0.29, 0.717) is 23.0 Å². The summed E-state index contributed by atoms with van der Waals surface area (Å²) in [5, 5.41) is 0. The molecule has 1 aromatic heterocycles. The van der Waals surface area contributed by atoms with Gasteiger partial charge in [-0.05, 0) is 60.9 Å². The minimum atomic E-state index is -4.59. The molecule has 0 atom stereocenters. The highest BCUT2D eigenvalue weighted by molar-refractivity contribution is 5.96. The monoisotopic (exact) mass is 530 g/mol. The number of halogens is 3. The van der Waals surface area contributed by atoms with Gasteiger partial charge in [-0.25, -0.2) is 0 Å². The number of amides is 2. The molecule has 2 heterocycles. The molecule has 0 radical (unpaired) electrons. The Morgan fingerprint density at radius 2 is 1.71 bits per heavy atom. The molecule has 2 amide bonds. The van der Waals surface area contributed by atoms with E-state index in [-0.39, 0.29) is 50.4 Å². The van der Waals surface area contributed by atoms with E-state index in [1.807, 2.05) is 19.9 Å². The lowest BCUT2D eigenvalue weighted by atomic mass is 10.1. The van der Waals surface area contributed by atoms with Crippen molar-refractivity contribution in [1.29, 1.82) is 0 Å². The van der Waals surface area contributed by atoms with Crippen LogP contribution < -0.4 is 9.47 Å². The zero-order chi connectivity index (χ0) is 27.4. The molecule has 0 fully saturated rings. The van der Waals surface area contributed by atoms with Crippen LogP contribution in [0.3, 0.4) is 0 Å². The topological polar surface area (TPSA) is 72.2 Å². The van der Waals surface area contributed by atoms with Crippen molar-refractivity contribution in [2.75, 3.05) is 19.9 Å². The first-order chi connectivity index (χ1) is 18.0. The van der Waals surface area contributed by atoms with Crippen LogP contribution in [-0.2, 0) is 24.1 Å². The largest absolute Gasteiger partial charge is 0.464 e. The van der Waals surface area contributed by atoms with Gasteiger partial charge in [-0.1, -0.05) is 26.0 Å². The van der Waals surface area contributed by atoms with Gasteiger partial charge in [0.1, 0.15) is 18.1 Å². The highest BCUT2D eigenvalue weighted by Crippen LogP contribution is 2.33. The van der Waals surface area contributed by atoms with Gasteiger partial charge in [0.2, 0.25) is 12.7 Å². The van der Waals surface area contributed by atoms with Crippen molar-refractivity contribution in [3.05, 3.63) is 82.8 Å². The number of hydrogen-bond acceptors (Lipinski definition) is 5. The fourth-order valence-corrected chi connectivity index (χ4v) is 4.18. The number of nitrogens with zero attached hydrogens (tertiary/aromatic N) is 2. The Morgan fingerprint density at radius 3 is 2.39 bits per heavy atom. The maximum Gasteiger partial charge on any atom is 0.416 e. The molecule has 0 N–H and O–H groups in total. The lowest BCUT2D eigenvalue weighted by Crippen LogP contribution is -2.44. The Morgan fingerprint density at radius 1 is 0.947 bits per heavy atom. The molecule has 4 rings (SSSR count). The molecule has 0 spiro atoms. The maximum absolute atomic E-state index is 13.6. The maximum atomic E-state index is 13.6. The summed E-state index contributed by atoms with van der Waals surface area (Å²) in [7, 11) is 0. The molecule has 0 saturated carbocycles. The summed E-state index contributed by atoms with van der Waals surface area (Å²) in [6.07, 6.45) is -4.59. The van der Waals surface area contributed by atoms with Crippen LogP contribution in [0.5, 0.6) is 11.5 Å². The van der Waals surface area contributed by atoms with E-state index in [2.05, 4.69) is 0 Å². The van der Waals surface area contributed by atoms with Crippen LogP contribution in [0.25, 0.3) is 0 Å². The molecular formula is C28H29F3N2O5. The Bertz CT molecular complexity index is 1300. The summed E-state index contributed by atoms with van der Waals surface area (Å²) in [6, 6.07) is 13.2. The average molecular weight is 531 g/mol. The van der Waals surface area contributed by atoms with Gasteiger partial charge in [-0.3, -0.25) is 9.59 Å². The van der Waals surface area contributed by atoms with E-state index >= 15 is 0 Å². The van der Waals surface area contributed by atoms with Crippen LogP contribution in [0.1, 0.15) is 46.9 Å². The summed E-state index contributed by atoms with van der Waals surface area (Å²) >= 11 is 0. The van der Waals surface area contributed by atoms with Crippen LogP contribution in [-0.4, -0.2) is 41.5 Å². The second kappa shape index (κ2) is 11.2. The van der Waals surface area contributed by atoms with Gasteiger partial charge < -0.3 is 23.7 Å². The predicted molar refractivity (Wildman–Crippen MR) is 132 cm³/mol. The number of ether oxygens (including phenoxy) is 2. The molecule has 10 heteroatoms. The van der Waals surface area contributed by atoms with Gasteiger partial charge in [-0.2, -0.15) is 13.2 Å². The van der Waals surface area contributed by atoms with E-state index in [1.54, 1.807) is 36.1 Å². The lowest BCUT2D eigenvalue weighted by molar-refractivity contribution is -0.137. The minimum Gasteiger partial charge on any atom is -0.464 e. The van der Waals surface area contributed by atoms with Gasteiger partial charge in [0.15, 0.2) is 11.5 Å². The van der Waals surface area contributed by atoms with Gasteiger partial charge in [-0.15, -0.1) is 0 Å². The first-order valence-electron chi connectivity index (χ1n) is 12.2. The van der Waals surface area contributed by atoms with Crippen molar-refractivity contribution >= 4 is 11.8 Å². The van der Waals surface area contributed by atoms with Gasteiger partial charge in [0.25, 0.3) is 5.91 Å². The van der Waals surface area contributed by atoms with Crippen LogP contribution >= 0.6 is 0 Å². The molecule has 0 saturated heterocycles. The molecule has 3 aromatic rings. The molecule has 1 aliphatic heterocycles. The van der Waals surface area contributed by atoms with Crippen molar-refractivity contribution in [3.8, 4) is 11.5 Å². The summed E-state index contributed by atoms with van der Waals surface area (Å²) < 4.78 is 56.2. The molecule has 1 aliphatic rings. The summed E-state index contributed by atoms with van der Waals surface area (Å²) in [6.45, 7) is 5.88. The summed E-state index contributed by atoms with van der Waals surface area (Å²) in [4.78, 5) is 29.7. The number of furan rings is 1. The number of fused-ring (bicyclic) bond motifs is 1. The SMILES string of the molecule is Cc1ccc(CN(Cc2ccc3c(c2)OCO3)C(=O)CN(CC(C)C)C(=O)c2cccc(C(F)(F)F)c2)o1. The molecule has 202 valence electrons. The van der Waals surface area contributed by atoms with Crippen LogP contribution in [0.4, 0.5) is 13.2 Å². The fourth-order valence-electron chi connectivity index (χ4n) is 4.18. The normalized spacial score (nSPS) is 12.6. The van der Waals surface area contributed by atoms with Gasteiger partial charge in [0, 0.05) is 18.7 Å². The van der Waals surface area contributed by atoms with Crippen molar-refractivity contribution in [2.24, 2.45) is 5.92 Å². The third-order valence-corrected chi connectivity index (χ3v) is 5.94. The summed E-state index contributed by atoms with van der Waals surface area (Å²) in [5.41, 5.74) is -0.264. The molecule has 2 aromatic carbocycles. The van der Waals surface area contributed by atoms with E-state index in [9.17, 15) is 22.8 Å². The first kappa shape index (κ1) is 27.1. The zero-order valence-corrected chi connectivity index (χ0v) is 21.4. The summed E-state index contributed by atoms with van der Waals surface area (Å²) in [5.74, 6) is 1.40. The predicted octanol–water partition coefficient (Wildman–Crippen LogP) is 5.66. The van der Waals surface area contributed by atoms with Crippen molar-refractivity contribution in [3.63, 3.8) is 0 Å². The molecule has 38 heavy (non-hydrogen) atoms. The van der Waals surface area contributed by atoms with Crippen molar-refractivity contribution in [1.82, 2.24) is 9.80 Å². The zero-order valence-electron chi connectivity index (χ0n) is 21.4. The molecule has 0 aliphatic carbocycles. The first-order valence-corrected chi connectivity index (χ1v) is 12.2. The number of alkyl halides is 3. The fraction of sp³-hybridized carbons (Fsp3) is 0.357. The molecule has 0 unspecified atom stereocenters. The van der Waals surface area contributed by atoms with E-state index < -0.39 is 17.6 Å².